The number of aromatic nitrogens is 2. The number of nitrogen functional groups attached to an aromatic ring is 1. The van der Waals surface area contributed by atoms with E-state index < -0.39 is 37.4 Å². The average Bonchev–Trinajstić information content (AvgIpc) is 2.78. The minimum absolute atomic E-state index is 0.0584. The van der Waals surface area contributed by atoms with Crippen LogP contribution in [0.4, 0.5) is 14.6 Å². The largest absolute Gasteiger partial charge is 0.393 e. The minimum atomic E-state index is -1.46. The number of hydrogen-bond acceptors (Lipinski definition) is 6. The lowest BCUT2D eigenvalue weighted by molar-refractivity contribution is -0.0528. The summed E-state index contributed by atoms with van der Waals surface area (Å²) in [5.41, 5.74) is 4.78. The summed E-state index contributed by atoms with van der Waals surface area (Å²) in [4.78, 5) is 15.4. The molecule has 3 atom stereocenters. The zero-order valence-corrected chi connectivity index (χ0v) is 10.9. The number of anilines is 1. The first-order chi connectivity index (χ1) is 10.0. The number of halogens is 2. The molecule has 0 bridgehead atoms. The smallest absolute Gasteiger partial charge is 0.351 e. The molecule has 2 rings (SSSR count). The van der Waals surface area contributed by atoms with Crippen molar-refractivity contribution in [2.45, 2.75) is 24.9 Å². The van der Waals surface area contributed by atoms with Crippen molar-refractivity contribution in [3.8, 4) is 0 Å². The van der Waals surface area contributed by atoms with Crippen molar-refractivity contribution in [2.75, 3.05) is 19.0 Å². The van der Waals surface area contributed by atoms with Gasteiger partial charge in [0, 0.05) is 23.8 Å². The lowest BCUT2D eigenvalue weighted by atomic mass is 10.1. The van der Waals surface area contributed by atoms with Crippen LogP contribution in [0.3, 0.4) is 0 Å². The molecule has 0 radical (unpaired) electrons. The molecule has 1 saturated heterocycles. The highest BCUT2D eigenvalue weighted by Gasteiger charge is 2.40. The fourth-order valence-corrected chi connectivity index (χ4v) is 2.18. The molecule has 1 aromatic heterocycles. The fourth-order valence-electron chi connectivity index (χ4n) is 2.18. The summed E-state index contributed by atoms with van der Waals surface area (Å²) in [5.74, 6) is -0.110. The predicted molar refractivity (Wildman–Crippen MR) is 68.8 cm³/mol. The molecule has 1 aliphatic heterocycles. The second-order valence-electron chi connectivity index (χ2n) is 4.53. The Morgan fingerprint density at radius 2 is 2.29 bits per heavy atom. The molecule has 0 aromatic carbocycles. The first-order valence-corrected chi connectivity index (χ1v) is 6.21. The SMILES string of the molecule is Nc1nc(=O)n(C2OC(CO)C(=CF)C2O)cc1CCF. The van der Waals surface area contributed by atoms with Crippen LogP contribution in [0.15, 0.2) is 22.9 Å². The number of nitrogens with two attached hydrogens (primary N) is 1. The van der Waals surface area contributed by atoms with Gasteiger partial charge in [0.1, 0.15) is 18.0 Å². The van der Waals surface area contributed by atoms with Crippen LogP contribution < -0.4 is 11.4 Å². The van der Waals surface area contributed by atoms with Crippen molar-refractivity contribution in [2.24, 2.45) is 0 Å². The van der Waals surface area contributed by atoms with Gasteiger partial charge in [-0.05, 0) is 0 Å². The summed E-state index contributed by atoms with van der Waals surface area (Å²) in [6, 6.07) is 0. The van der Waals surface area contributed by atoms with E-state index in [0.29, 0.717) is 0 Å². The maximum atomic E-state index is 12.8. The molecule has 0 aliphatic carbocycles. The Morgan fingerprint density at radius 3 is 2.81 bits per heavy atom. The molecule has 1 aromatic rings. The monoisotopic (exact) mass is 303 g/mol. The summed E-state index contributed by atoms with van der Waals surface area (Å²) < 4.78 is 31.3. The van der Waals surface area contributed by atoms with Gasteiger partial charge in [-0.3, -0.25) is 8.96 Å². The zero-order valence-electron chi connectivity index (χ0n) is 10.9. The Labute approximate surface area is 118 Å². The van der Waals surface area contributed by atoms with E-state index in [9.17, 15) is 18.7 Å². The van der Waals surface area contributed by atoms with E-state index in [1.165, 1.54) is 6.20 Å². The first kappa shape index (κ1) is 15.5. The van der Waals surface area contributed by atoms with Crippen molar-refractivity contribution >= 4 is 5.82 Å². The second kappa shape index (κ2) is 6.29. The molecule has 1 aliphatic rings. The summed E-state index contributed by atoms with van der Waals surface area (Å²) >= 11 is 0. The quantitative estimate of drug-likeness (QED) is 0.688. The third kappa shape index (κ3) is 2.80. The molecule has 21 heavy (non-hydrogen) atoms. The van der Waals surface area contributed by atoms with E-state index in [0.717, 1.165) is 4.57 Å². The lowest BCUT2D eigenvalue weighted by Crippen LogP contribution is -2.33. The summed E-state index contributed by atoms with van der Waals surface area (Å²) in [5, 5.41) is 19.1. The number of rotatable bonds is 4. The van der Waals surface area contributed by atoms with E-state index in [4.69, 9.17) is 15.6 Å². The molecule has 0 saturated carbocycles. The van der Waals surface area contributed by atoms with Crippen LogP contribution in [0.25, 0.3) is 0 Å². The average molecular weight is 303 g/mol. The third-order valence-electron chi connectivity index (χ3n) is 3.28. The topological polar surface area (TPSA) is 111 Å². The normalized spacial score (nSPS) is 27.4. The molecule has 9 heteroatoms. The van der Waals surface area contributed by atoms with Gasteiger partial charge in [0.2, 0.25) is 0 Å². The highest BCUT2D eigenvalue weighted by molar-refractivity contribution is 5.37. The molecule has 4 N–H and O–H groups in total. The van der Waals surface area contributed by atoms with Gasteiger partial charge in [-0.1, -0.05) is 0 Å². The van der Waals surface area contributed by atoms with Crippen molar-refractivity contribution in [1.82, 2.24) is 9.55 Å². The van der Waals surface area contributed by atoms with Crippen molar-refractivity contribution in [3.63, 3.8) is 0 Å². The van der Waals surface area contributed by atoms with E-state index in [2.05, 4.69) is 4.98 Å². The Hall–Kier alpha value is -1.84. The molecule has 0 spiro atoms. The van der Waals surface area contributed by atoms with Gasteiger partial charge in [-0.25, -0.2) is 9.18 Å². The van der Waals surface area contributed by atoms with Gasteiger partial charge in [-0.2, -0.15) is 4.98 Å². The highest BCUT2D eigenvalue weighted by Crippen LogP contribution is 2.32. The van der Waals surface area contributed by atoms with E-state index in [-0.39, 0.29) is 29.7 Å². The molecular formula is C12H15F2N3O4. The van der Waals surface area contributed by atoms with Crippen LogP contribution in [0.5, 0.6) is 0 Å². The molecular weight excluding hydrogens is 288 g/mol. The summed E-state index contributed by atoms with van der Waals surface area (Å²) in [6.07, 6.45) is -2.50. The molecule has 7 nitrogen and oxygen atoms in total. The fraction of sp³-hybridized carbons (Fsp3) is 0.500. The Kier molecular flexibility index (Phi) is 4.66. The van der Waals surface area contributed by atoms with Gasteiger partial charge >= 0.3 is 5.69 Å². The predicted octanol–water partition coefficient (Wildman–Crippen LogP) is -0.559. The van der Waals surface area contributed by atoms with Crippen molar-refractivity contribution in [3.05, 3.63) is 34.1 Å². The maximum Gasteiger partial charge on any atom is 0.351 e. The van der Waals surface area contributed by atoms with E-state index in [1.54, 1.807) is 0 Å². The number of aryl methyl sites for hydroxylation is 1. The Bertz CT molecular complexity index is 605. The van der Waals surface area contributed by atoms with Crippen LogP contribution in [0.1, 0.15) is 11.8 Å². The maximum absolute atomic E-state index is 12.8. The van der Waals surface area contributed by atoms with Crippen LogP contribution in [0.2, 0.25) is 0 Å². The van der Waals surface area contributed by atoms with Crippen LogP contribution in [-0.4, -0.2) is 45.3 Å². The van der Waals surface area contributed by atoms with Gasteiger partial charge in [0.05, 0.1) is 19.6 Å². The Balaban J connectivity index is 2.42. The van der Waals surface area contributed by atoms with Gasteiger partial charge in [-0.15, -0.1) is 0 Å². The Morgan fingerprint density at radius 1 is 1.57 bits per heavy atom. The van der Waals surface area contributed by atoms with Gasteiger partial charge in [0.15, 0.2) is 6.23 Å². The number of aliphatic hydroxyl groups is 2. The standard InChI is InChI=1S/C12H15F2N3O4/c13-2-1-6-4-17(12(20)16-10(6)15)11-9(19)7(3-14)8(5-18)21-11/h3-4,8-9,11,18-19H,1-2,5H2,(H2,15,16,20). The van der Waals surface area contributed by atoms with Crippen molar-refractivity contribution in [1.29, 1.82) is 0 Å². The number of ether oxygens (including phenoxy) is 1. The number of alkyl halides is 1. The van der Waals surface area contributed by atoms with Crippen LogP contribution in [0, 0.1) is 0 Å². The van der Waals surface area contributed by atoms with Gasteiger partial charge in [0.25, 0.3) is 0 Å². The number of hydrogen-bond donors (Lipinski definition) is 3. The molecule has 3 unspecified atom stereocenters. The highest BCUT2D eigenvalue weighted by atomic mass is 19.1. The van der Waals surface area contributed by atoms with Crippen molar-refractivity contribution < 1.29 is 23.7 Å². The second-order valence-corrected chi connectivity index (χ2v) is 4.53. The zero-order chi connectivity index (χ0) is 15.6. The van der Waals surface area contributed by atoms with E-state index >= 15 is 0 Å². The van der Waals surface area contributed by atoms with Crippen LogP contribution in [-0.2, 0) is 11.2 Å². The molecule has 1 fully saturated rings. The van der Waals surface area contributed by atoms with Gasteiger partial charge < -0.3 is 20.7 Å². The van der Waals surface area contributed by atoms with Crippen LogP contribution >= 0.6 is 0 Å². The first-order valence-electron chi connectivity index (χ1n) is 6.21. The number of aliphatic hydroxyl groups excluding tert-OH is 2. The summed E-state index contributed by atoms with van der Waals surface area (Å²) in [7, 11) is 0. The third-order valence-corrected chi connectivity index (χ3v) is 3.28. The van der Waals surface area contributed by atoms with E-state index in [1.807, 2.05) is 0 Å². The molecule has 0 amide bonds. The number of nitrogens with zero attached hydrogens (tertiary/aromatic N) is 2. The minimum Gasteiger partial charge on any atom is -0.393 e. The molecule has 116 valence electrons. The molecule has 2 heterocycles. The lowest BCUT2D eigenvalue weighted by Gasteiger charge is -2.18. The summed E-state index contributed by atoms with van der Waals surface area (Å²) in [6.45, 7) is -1.26.